The van der Waals surface area contributed by atoms with Gasteiger partial charge in [-0.15, -0.1) is 23.1 Å². The SMILES string of the molecule is CCOC(=O)c1c(NC(=O)C(C)Sc2cccc(NC(=O)/C(=C/c3ccc(Br)cc3)NC(=O)c3ccccc3)c2)sc2c1CCN(C(C)=O)C2. The molecule has 1 aromatic heterocycles. The van der Waals surface area contributed by atoms with Gasteiger partial charge >= 0.3 is 5.97 Å². The minimum absolute atomic E-state index is 0.0504. The van der Waals surface area contributed by atoms with Gasteiger partial charge in [-0.2, -0.15) is 0 Å². The van der Waals surface area contributed by atoms with E-state index in [0.29, 0.717) is 51.8 Å². The van der Waals surface area contributed by atoms with Crippen molar-refractivity contribution in [2.24, 2.45) is 0 Å². The predicted octanol–water partition coefficient (Wildman–Crippen LogP) is 7.12. The average Bonchev–Trinajstić information content (AvgIpc) is 3.46. The molecule has 4 amide bonds. The van der Waals surface area contributed by atoms with Crippen LogP contribution in [-0.4, -0.2) is 52.9 Å². The number of ether oxygens (including phenoxy) is 1. The fourth-order valence-corrected chi connectivity index (χ4v) is 7.61. The lowest BCUT2D eigenvalue weighted by Crippen LogP contribution is -2.34. The Labute approximate surface area is 306 Å². The fraction of sp³-hybridized carbons (Fsp3) is 0.216. The van der Waals surface area contributed by atoms with E-state index in [-0.39, 0.29) is 24.1 Å². The van der Waals surface area contributed by atoms with Crippen LogP contribution in [0.15, 0.2) is 93.9 Å². The summed E-state index contributed by atoms with van der Waals surface area (Å²) in [6.07, 6.45) is 2.09. The normalized spacial score (nSPS) is 13.1. The fourth-order valence-electron chi connectivity index (χ4n) is 5.16. The van der Waals surface area contributed by atoms with Crippen molar-refractivity contribution >= 4 is 85.4 Å². The van der Waals surface area contributed by atoms with Gasteiger partial charge in [-0.05, 0) is 79.9 Å². The highest BCUT2D eigenvalue weighted by Crippen LogP contribution is 2.38. The van der Waals surface area contributed by atoms with Crippen molar-refractivity contribution in [2.45, 2.75) is 43.9 Å². The molecular weight excluding hydrogens is 740 g/mol. The highest BCUT2D eigenvalue weighted by atomic mass is 79.9. The summed E-state index contributed by atoms with van der Waals surface area (Å²) in [5.41, 5.74) is 2.78. The molecule has 0 aliphatic carbocycles. The van der Waals surface area contributed by atoms with Gasteiger partial charge in [0.1, 0.15) is 10.7 Å². The Kier molecular flexibility index (Phi) is 12.3. The van der Waals surface area contributed by atoms with Gasteiger partial charge in [0, 0.05) is 39.0 Å². The van der Waals surface area contributed by atoms with Gasteiger partial charge in [-0.3, -0.25) is 19.2 Å². The highest BCUT2D eigenvalue weighted by Gasteiger charge is 2.31. The first-order valence-corrected chi connectivity index (χ1v) is 18.3. The summed E-state index contributed by atoms with van der Waals surface area (Å²) in [6.45, 7) is 6.03. The van der Waals surface area contributed by atoms with E-state index < -0.39 is 23.0 Å². The van der Waals surface area contributed by atoms with Crippen LogP contribution in [0, 0.1) is 0 Å². The largest absolute Gasteiger partial charge is 0.462 e. The van der Waals surface area contributed by atoms with Crippen molar-refractivity contribution in [3.63, 3.8) is 0 Å². The number of anilines is 2. The van der Waals surface area contributed by atoms with Crippen molar-refractivity contribution in [2.75, 3.05) is 23.8 Å². The van der Waals surface area contributed by atoms with Crippen LogP contribution in [-0.2, 0) is 32.1 Å². The second-order valence-electron chi connectivity index (χ2n) is 11.3. The monoisotopic (exact) mass is 774 g/mol. The summed E-state index contributed by atoms with van der Waals surface area (Å²) in [4.78, 5) is 68.2. The van der Waals surface area contributed by atoms with Crippen LogP contribution in [0.5, 0.6) is 0 Å². The number of nitrogens with one attached hydrogen (secondary N) is 3. The Bertz CT molecular complexity index is 1940. The molecule has 1 atom stereocenters. The van der Waals surface area contributed by atoms with Crippen molar-refractivity contribution in [3.8, 4) is 0 Å². The van der Waals surface area contributed by atoms with Crippen LogP contribution in [0.1, 0.15) is 57.5 Å². The van der Waals surface area contributed by atoms with Crippen LogP contribution in [0.25, 0.3) is 6.08 Å². The number of thioether (sulfide) groups is 1. The Hall–Kier alpha value is -4.72. The summed E-state index contributed by atoms with van der Waals surface area (Å²) in [5.74, 6) is -1.83. The van der Waals surface area contributed by atoms with E-state index in [4.69, 9.17) is 4.74 Å². The Morgan fingerprint density at radius 1 is 1.00 bits per heavy atom. The number of benzene rings is 3. The molecule has 1 aliphatic rings. The zero-order valence-electron chi connectivity index (χ0n) is 27.6. The van der Waals surface area contributed by atoms with Crippen LogP contribution in [0.2, 0.25) is 0 Å². The molecule has 3 N–H and O–H groups in total. The van der Waals surface area contributed by atoms with E-state index in [1.807, 2.05) is 30.3 Å². The molecule has 4 aromatic rings. The number of hydrogen-bond acceptors (Lipinski definition) is 8. The Morgan fingerprint density at radius 2 is 1.74 bits per heavy atom. The second kappa shape index (κ2) is 16.8. The zero-order chi connectivity index (χ0) is 35.8. The molecule has 50 heavy (non-hydrogen) atoms. The zero-order valence-corrected chi connectivity index (χ0v) is 30.8. The standard InChI is InChI=1S/C37H35BrN4O6S2/c1-4-48-37(47)32-29-17-18-42(23(3)43)21-31(29)50-36(32)41-33(44)22(2)49-28-12-8-11-27(20-28)39-35(46)30(19-24-13-15-26(38)16-14-24)40-34(45)25-9-6-5-7-10-25/h5-16,19-20,22H,4,17-18,21H2,1-3H3,(H,39,46)(H,40,45)(H,41,44)/b30-19-. The van der Waals surface area contributed by atoms with E-state index in [2.05, 4.69) is 31.9 Å². The molecule has 258 valence electrons. The molecule has 10 nitrogen and oxygen atoms in total. The summed E-state index contributed by atoms with van der Waals surface area (Å²) in [6, 6.07) is 23.0. The van der Waals surface area contributed by atoms with Gasteiger partial charge in [0.15, 0.2) is 0 Å². The molecule has 1 aliphatic heterocycles. The maximum absolute atomic E-state index is 13.5. The molecule has 0 fully saturated rings. The quantitative estimate of drug-likeness (QED) is 0.0840. The summed E-state index contributed by atoms with van der Waals surface area (Å²) >= 11 is 5.97. The van der Waals surface area contributed by atoms with Gasteiger partial charge in [0.05, 0.1) is 24.0 Å². The predicted molar refractivity (Wildman–Crippen MR) is 200 cm³/mol. The molecule has 0 saturated carbocycles. The smallest absolute Gasteiger partial charge is 0.341 e. The highest BCUT2D eigenvalue weighted by molar-refractivity contribution is 9.10. The number of nitrogens with zero attached hydrogens (tertiary/aromatic N) is 1. The van der Waals surface area contributed by atoms with Gasteiger partial charge in [0.2, 0.25) is 11.8 Å². The molecular formula is C37H35BrN4O6S2. The maximum atomic E-state index is 13.5. The first-order chi connectivity index (χ1) is 24.0. The van der Waals surface area contributed by atoms with Crippen LogP contribution >= 0.6 is 39.0 Å². The molecule has 0 bridgehead atoms. The minimum Gasteiger partial charge on any atom is -0.462 e. The lowest BCUT2D eigenvalue weighted by Gasteiger charge is -2.25. The first kappa shape index (κ1) is 36.6. The van der Waals surface area contributed by atoms with Gasteiger partial charge in [-0.25, -0.2) is 4.79 Å². The Balaban J connectivity index is 1.30. The van der Waals surface area contributed by atoms with E-state index >= 15 is 0 Å². The van der Waals surface area contributed by atoms with E-state index in [0.717, 1.165) is 14.9 Å². The van der Waals surface area contributed by atoms with Gasteiger partial charge < -0.3 is 25.6 Å². The maximum Gasteiger partial charge on any atom is 0.341 e. The van der Waals surface area contributed by atoms with Crippen molar-refractivity contribution < 1.29 is 28.7 Å². The van der Waals surface area contributed by atoms with Gasteiger partial charge in [0.25, 0.3) is 11.8 Å². The lowest BCUT2D eigenvalue weighted by molar-refractivity contribution is -0.129. The summed E-state index contributed by atoms with van der Waals surface area (Å²) in [7, 11) is 0. The van der Waals surface area contributed by atoms with E-state index in [1.54, 1.807) is 73.4 Å². The summed E-state index contributed by atoms with van der Waals surface area (Å²) < 4.78 is 6.19. The molecule has 3 aromatic carbocycles. The number of carbonyl (C=O) groups excluding carboxylic acids is 5. The summed E-state index contributed by atoms with van der Waals surface area (Å²) in [5, 5.41) is 8.34. The number of carbonyl (C=O) groups is 5. The third-order valence-electron chi connectivity index (χ3n) is 7.70. The molecule has 5 rings (SSSR count). The number of fused-ring (bicyclic) bond motifs is 1. The first-order valence-electron chi connectivity index (χ1n) is 15.8. The van der Waals surface area contributed by atoms with Crippen molar-refractivity contribution in [1.29, 1.82) is 0 Å². The van der Waals surface area contributed by atoms with Crippen LogP contribution in [0.4, 0.5) is 10.7 Å². The van der Waals surface area contributed by atoms with Crippen molar-refractivity contribution in [3.05, 3.63) is 116 Å². The topological polar surface area (TPSA) is 134 Å². The molecule has 0 saturated heterocycles. The lowest BCUT2D eigenvalue weighted by atomic mass is 10.0. The van der Waals surface area contributed by atoms with E-state index in [9.17, 15) is 24.0 Å². The third-order valence-corrected chi connectivity index (χ3v) is 10.5. The van der Waals surface area contributed by atoms with Crippen molar-refractivity contribution in [1.82, 2.24) is 10.2 Å². The third kappa shape index (κ3) is 9.29. The number of rotatable bonds is 11. The number of esters is 1. The molecule has 1 unspecified atom stereocenters. The Morgan fingerprint density at radius 3 is 2.44 bits per heavy atom. The average molecular weight is 776 g/mol. The van der Waals surface area contributed by atoms with Crippen LogP contribution < -0.4 is 16.0 Å². The number of halogens is 1. The van der Waals surface area contributed by atoms with E-state index in [1.165, 1.54) is 30.0 Å². The number of thiophene rings is 1. The second-order valence-corrected chi connectivity index (χ2v) is 14.7. The molecule has 13 heteroatoms. The number of hydrogen-bond donors (Lipinski definition) is 3. The minimum atomic E-state index is -0.582. The van der Waals surface area contributed by atoms with Crippen LogP contribution in [0.3, 0.4) is 0 Å². The number of amides is 4. The molecule has 2 heterocycles. The van der Waals surface area contributed by atoms with Gasteiger partial charge in [-0.1, -0.05) is 52.3 Å². The molecule has 0 spiro atoms. The molecule has 0 radical (unpaired) electrons.